The van der Waals surface area contributed by atoms with Crippen molar-refractivity contribution < 1.29 is 17.2 Å². The Bertz CT molecular complexity index is 451. The molecule has 3 nitrogen and oxygen atoms in total. The summed E-state index contributed by atoms with van der Waals surface area (Å²) in [6, 6.07) is 0. The van der Waals surface area contributed by atoms with Crippen molar-refractivity contribution in [2.75, 3.05) is 0 Å². The van der Waals surface area contributed by atoms with Crippen LogP contribution in [-0.4, -0.2) is 13.4 Å². The average Bonchev–Trinajstić information content (AvgIpc) is 2.01. The molecule has 0 saturated heterocycles. The lowest BCUT2D eigenvalue weighted by molar-refractivity contribution is 0.147. The van der Waals surface area contributed by atoms with Gasteiger partial charge >= 0.3 is 0 Å². The van der Waals surface area contributed by atoms with Crippen LogP contribution in [0.3, 0.4) is 0 Å². The number of nitrogens with zero attached hydrogens (tertiary/aromatic N) is 1. The van der Waals surface area contributed by atoms with Gasteiger partial charge in [-0.15, -0.1) is 0 Å². The Morgan fingerprint density at radius 3 is 2.36 bits per heavy atom. The van der Waals surface area contributed by atoms with Crippen LogP contribution >= 0.6 is 26.6 Å². The molecule has 0 aliphatic heterocycles. The second kappa shape index (κ2) is 4.08. The Morgan fingerprint density at radius 2 is 2.00 bits per heavy atom. The molecule has 1 aromatic heterocycles. The second-order valence-corrected chi connectivity index (χ2v) is 5.66. The molecule has 0 unspecified atom stereocenters. The van der Waals surface area contributed by atoms with Crippen LogP contribution in [0, 0.1) is 0 Å². The fraction of sp³-hybridized carbons (Fsp3) is 0.167. The Labute approximate surface area is 91.6 Å². The first-order chi connectivity index (χ1) is 6.34. The summed E-state index contributed by atoms with van der Waals surface area (Å²) in [5, 5.41) is 0. The zero-order valence-corrected chi connectivity index (χ0v) is 9.57. The third-order valence-electron chi connectivity index (χ3n) is 1.38. The predicted molar refractivity (Wildman–Crippen MR) is 49.9 cm³/mol. The number of pyridine rings is 1. The summed E-state index contributed by atoms with van der Waals surface area (Å²) in [4.78, 5) is 2.77. The molecule has 78 valence electrons. The molecule has 0 aliphatic carbocycles. The van der Waals surface area contributed by atoms with Crippen LogP contribution in [0.4, 0.5) is 8.78 Å². The van der Waals surface area contributed by atoms with E-state index in [1.54, 1.807) is 0 Å². The molecule has 0 N–H and O–H groups in total. The van der Waals surface area contributed by atoms with E-state index in [1.165, 1.54) is 0 Å². The summed E-state index contributed by atoms with van der Waals surface area (Å²) in [5.74, 6) is 0. The molecule has 0 amide bonds. The highest BCUT2D eigenvalue weighted by Crippen LogP contribution is 2.33. The molecule has 0 aliphatic rings. The minimum atomic E-state index is -4.20. The quantitative estimate of drug-likeness (QED) is 0.789. The maximum atomic E-state index is 12.4. The molecule has 1 heterocycles. The van der Waals surface area contributed by atoms with Gasteiger partial charge in [-0.05, 0) is 15.9 Å². The number of alkyl halides is 2. The third kappa shape index (κ3) is 2.40. The van der Waals surface area contributed by atoms with Crippen molar-refractivity contribution in [3.05, 3.63) is 22.4 Å². The smallest absolute Gasteiger partial charge is 0.262 e. The highest BCUT2D eigenvalue weighted by molar-refractivity contribution is 9.10. The van der Waals surface area contributed by atoms with E-state index in [0.29, 0.717) is 0 Å². The normalized spacial score (nSPS) is 12.1. The van der Waals surface area contributed by atoms with E-state index in [9.17, 15) is 17.2 Å². The highest BCUT2D eigenvalue weighted by Gasteiger charge is 2.24. The van der Waals surface area contributed by atoms with E-state index >= 15 is 0 Å². The lowest BCUT2D eigenvalue weighted by atomic mass is 10.3. The molecule has 0 atom stereocenters. The Kier molecular flexibility index (Phi) is 3.44. The standard InChI is InChI=1S/C6H3BrClF2NO2S/c7-3-1-11-2-4(14(8,12)13)5(3)6(9)10/h1-2,6H. The number of hydrogen-bond acceptors (Lipinski definition) is 3. The van der Waals surface area contributed by atoms with E-state index in [1.807, 2.05) is 0 Å². The maximum Gasteiger partial charge on any atom is 0.266 e. The molecule has 0 aromatic carbocycles. The van der Waals surface area contributed by atoms with Crippen LogP contribution in [0.1, 0.15) is 12.0 Å². The van der Waals surface area contributed by atoms with Gasteiger partial charge in [0, 0.05) is 27.5 Å². The molecule has 14 heavy (non-hydrogen) atoms. The fourth-order valence-corrected chi connectivity index (χ4v) is 2.49. The number of hydrogen-bond donors (Lipinski definition) is 0. The predicted octanol–water partition coefficient (Wildman–Crippen LogP) is 2.71. The van der Waals surface area contributed by atoms with Crippen molar-refractivity contribution in [2.24, 2.45) is 0 Å². The van der Waals surface area contributed by atoms with E-state index in [2.05, 4.69) is 20.9 Å². The van der Waals surface area contributed by atoms with Gasteiger partial charge in [0.2, 0.25) is 0 Å². The molecular weight excluding hydrogens is 303 g/mol. The van der Waals surface area contributed by atoms with Gasteiger partial charge in [0.25, 0.3) is 15.5 Å². The summed E-state index contributed by atoms with van der Waals surface area (Å²) >= 11 is 2.77. The molecule has 0 fully saturated rings. The van der Waals surface area contributed by atoms with Gasteiger partial charge in [-0.1, -0.05) is 0 Å². The topological polar surface area (TPSA) is 47.0 Å². The summed E-state index contributed by atoms with van der Waals surface area (Å²) in [6.45, 7) is 0. The van der Waals surface area contributed by atoms with E-state index < -0.39 is 25.9 Å². The Balaban J connectivity index is 3.52. The van der Waals surface area contributed by atoms with Crippen molar-refractivity contribution in [2.45, 2.75) is 11.3 Å². The first kappa shape index (κ1) is 11.8. The fourth-order valence-electron chi connectivity index (χ4n) is 0.833. The maximum absolute atomic E-state index is 12.4. The van der Waals surface area contributed by atoms with Gasteiger partial charge in [0.05, 0.1) is 5.56 Å². The Morgan fingerprint density at radius 1 is 1.43 bits per heavy atom. The molecular formula is C6H3BrClF2NO2S. The molecule has 0 bridgehead atoms. The minimum Gasteiger partial charge on any atom is -0.262 e. The molecule has 1 rings (SSSR count). The van der Waals surface area contributed by atoms with Gasteiger partial charge < -0.3 is 0 Å². The van der Waals surface area contributed by atoms with Gasteiger partial charge in [-0.3, -0.25) is 4.98 Å². The summed E-state index contributed by atoms with van der Waals surface area (Å²) < 4.78 is 46.6. The van der Waals surface area contributed by atoms with E-state index in [-0.39, 0.29) is 4.47 Å². The van der Waals surface area contributed by atoms with Crippen LogP contribution in [0.25, 0.3) is 0 Å². The monoisotopic (exact) mass is 305 g/mol. The molecule has 1 aromatic rings. The Hall–Kier alpha value is -0.270. The zero-order valence-electron chi connectivity index (χ0n) is 6.42. The van der Waals surface area contributed by atoms with E-state index in [4.69, 9.17) is 10.7 Å². The van der Waals surface area contributed by atoms with Crippen LogP contribution in [0.5, 0.6) is 0 Å². The second-order valence-electron chi connectivity index (χ2n) is 2.27. The van der Waals surface area contributed by atoms with E-state index in [0.717, 1.165) is 12.4 Å². The first-order valence-electron chi connectivity index (χ1n) is 3.20. The lowest BCUT2D eigenvalue weighted by Crippen LogP contribution is -2.00. The SMILES string of the molecule is O=S(=O)(Cl)c1cncc(Br)c1C(F)F. The summed E-state index contributed by atoms with van der Waals surface area (Å²) in [6.07, 6.45) is -1.07. The number of aromatic nitrogens is 1. The number of halogens is 4. The largest absolute Gasteiger partial charge is 0.266 e. The lowest BCUT2D eigenvalue weighted by Gasteiger charge is -2.06. The van der Waals surface area contributed by atoms with Crippen molar-refractivity contribution in [3.63, 3.8) is 0 Å². The van der Waals surface area contributed by atoms with Gasteiger partial charge in [0.15, 0.2) is 0 Å². The van der Waals surface area contributed by atoms with Crippen molar-refractivity contribution in [3.8, 4) is 0 Å². The van der Waals surface area contributed by atoms with Crippen LogP contribution in [0.15, 0.2) is 21.8 Å². The van der Waals surface area contributed by atoms with Gasteiger partial charge in [-0.2, -0.15) is 0 Å². The summed E-state index contributed by atoms with van der Waals surface area (Å²) in [5.41, 5.74) is -0.671. The van der Waals surface area contributed by atoms with Crippen molar-refractivity contribution in [1.82, 2.24) is 4.98 Å². The molecule has 0 spiro atoms. The molecule has 8 heteroatoms. The highest BCUT2D eigenvalue weighted by atomic mass is 79.9. The third-order valence-corrected chi connectivity index (χ3v) is 3.36. The van der Waals surface area contributed by atoms with Crippen LogP contribution < -0.4 is 0 Å². The van der Waals surface area contributed by atoms with Gasteiger partial charge in [0.1, 0.15) is 4.90 Å². The van der Waals surface area contributed by atoms with Crippen LogP contribution in [-0.2, 0) is 9.05 Å². The van der Waals surface area contributed by atoms with Crippen molar-refractivity contribution in [1.29, 1.82) is 0 Å². The molecule has 0 radical (unpaired) electrons. The zero-order chi connectivity index (χ0) is 10.9. The van der Waals surface area contributed by atoms with Crippen LogP contribution in [0.2, 0.25) is 0 Å². The number of rotatable bonds is 2. The first-order valence-corrected chi connectivity index (χ1v) is 6.30. The van der Waals surface area contributed by atoms with Gasteiger partial charge in [-0.25, -0.2) is 17.2 Å². The van der Waals surface area contributed by atoms with Crippen molar-refractivity contribution >= 4 is 35.7 Å². The molecule has 0 saturated carbocycles. The minimum absolute atomic E-state index is 0.0887. The summed E-state index contributed by atoms with van der Waals surface area (Å²) in [7, 11) is 0.757. The average molecular weight is 307 g/mol.